The second-order valence-electron chi connectivity index (χ2n) is 5.01. The Labute approximate surface area is 113 Å². The van der Waals surface area contributed by atoms with Crippen molar-refractivity contribution >= 4 is 0 Å². The van der Waals surface area contributed by atoms with E-state index in [1.54, 1.807) is 0 Å². The Balaban J connectivity index is 1.84. The number of benzene rings is 2. The predicted octanol–water partition coefficient (Wildman–Crippen LogP) is 3.50. The van der Waals surface area contributed by atoms with Crippen LogP contribution in [0.4, 0.5) is 0 Å². The summed E-state index contributed by atoms with van der Waals surface area (Å²) in [5.41, 5.74) is 2.26. The van der Waals surface area contributed by atoms with E-state index in [9.17, 15) is 5.11 Å². The van der Waals surface area contributed by atoms with Crippen molar-refractivity contribution in [1.29, 1.82) is 0 Å². The van der Waals surface area contributed by atoms with E-state index in [0.717, 1.165) is 30.6 Å². The fourth-order valence-electron chi connectivity index (χ4n) is 2.70. The van der Waals surface area contributed by atoms with E-state index >= 15 is 0 Å². The Morgan fingerprint density at radius 3 is 2.53 bits per heavy atom. The minimum Gasteiger partial charge on any atom is -0.487 e. The molecule has 2 nitrogen and oxygen atoms in total. The van der Waals surface area contributed by atoms with Gasteiger partial charge in [0.1, 0.15) is 18.0 Å². The number of rotatable bonds is 2. The molecule has 0 aliphatic heterocycles. The highest BCUT2D eigenvalue weighted by Gasteiger charge is 2.27. The van der Waals surface area contributed by atoms with Crippen LogP contribution in [0.3, 0.4) is 0 Å². The minimum atomic E-state index is -0.543. The monoisotopic (exact) mass is 254 g/mol. The van der Waals surface area contributed by atoms with Crippen LogP contribution in [0.15, 0.2) is 54.6 Å². The van der Waals surface area contributed by atoms with Crippen molar-refractivity contribution < 1.29 is 9.84 Å². The smallest absolute Gasteiger partial charge is 0.129 e. The molecular formula is C17H18O2. The molecule has 2 atom stereocenters. The topological polar surface area (TPSA) is 29.5 Å². The molecule has 19 heavy (non-hydrogen) atoms. The molecule has 0 bridgehead atoms. The summed E-state index contributed by atoms with van der Waals surface area (Å²) < 4.78 is 5.95. The van der Waals surface area contributed by atoms with Crippen LogP contribution < -0.4 is 4.74 Å². The van der Waals surface area contributed by atoms with Gasteiger partial charge in [0.05, 0.1) is 0 Å². The maximum absolute atomic E-state index is 10.5. The van der Waals surface area contributed by atoms with Crippen molar-refractivity contribution in [2.75, 3.05) is 0 Å². The maximum atomic E-state index is 10.5. The Morgan fingerprint density at radius 1 is 0.947 bits per heavy atom. The highest BCUT2D eigenvalue weighted by atomic mass is 16.5. The lowest BCUT2D eigenvalue weighted by atomic mass is 10.0. The molecule has 1 aliphatic rings. The average Bonchev–Trinajstić information content (AvgIpc) is 2.61. The number of aliphatic hydroxyl groups is 1. The van der Waals surface area contributed by atoms with Gasteiger partial charge in [0, 0.05) is 0 Å². The molecule has 2 heteroatoms. The van der Waals surface area contributed by atoms with Gasteiger partial charge in [0.2, 0.25) is 0 Å². The molecule has 3 rings (SSSR count). The third-order valence-corrected chi connectivity index (χ3v) is 3.69. The number of aryl methyl sites for hydroxylation is 1. The minimum absolute atomic E-state index is 0.161. The Morgan fingerprint density at radius 2 is 1.68 bits per heavy atom. The number of aliphatic hydroxyl groups excluding tert-OH is 1. The fourth-order valence-corrected chi connectivity index (χ4v) is 2.70. The molecule has 1 N–H and O–H groups in total. The molecule has 0 radical (unpaired) electrons. The van der Waals surface area contributed by atoms with Crippen molar-refractivity contribution in [3.05, 3.63) is 65.7 Å². The number of fused-ring (bicyclic) bond motifs is 1. The lowest BCUT2D eigenvalue weighted by Gasteiger charge is -2.23. The van der Waals surface area contributed by atoms with Crippen LogP contribution in [-0.4, -0.2) is 11.2 Å². The van der Waals surface area contributed by atoms with Crippen molar-refractivity contribution in [3.63, 3.8) is 0 Å². The van der Waals surface area contributed by atoms with E-state index in [0.29, 0.717) is 0 Å². The Hall–Kier alpha value is -1.80. The van der Waals surface area contributed by atoms with Crippen LogP contribution in [-0.2, 0) is 6.42 Å². The van der Waals surface area contributed by atoms with E-state index in [4.69, 9.17) is 4.74 Å². The number of ether oxygens (including phenoxy) is 1. The SMILES string of the molecule is OC1c2ccccc2CCCC1Oc1ccccc1. The van der Waals surface area contributed by atoms with E-state index in [1.807, 2.05) is 48.5 Å². The van der Waals surface area contributed by atoms with Gasteiger partial charge in [-0.15, -0.1) is 0 Å². The van der Waals surface area contributed by atoms with Crippen LogP contribution >= 0.6 is 0 Å². The summed E-state index contributed by atoms with van der Waals surface area (Å²) in [6.45, 7) is 0. The summed E-state index contributed by atoms with van der Waals surface area (Å²) in [5.74, 6) is 0.825. The van der Waals surface area contributed by atoms with Crippen molar-refractivity contribution in [1.82, 2.24) is 0 Å². The van der Waals surface area contributed by atoms with E-state index in [-0.39, 0.29) is 6.10 Å². The van der Waals surface area contributed by atoms with Gasteiger partial charge >= 0.3 is 0 Å². The fraction of sp³-hybridized carbons (Fsp3) is 0.294. The van der Waals surface area contributed by atoms with Crippen molar-refractivity contribution in [2.45, 2.75) is 31.5 Å². The Kier molecular flexibility index (Phi) is 3.51. The normalized spacial score (nSPS) is 22.4. The van der Waals surface area contributed by atoms with Crippen molar-refractivity contribution in [2.24, 2.45) is 0 Å². The highest BCUT2D eigenvalue weighted by Crippen LogP contribution is 2.31. The van der Waals surface area contributed by atoms with Crippen LogP contribution in [0.25, 0.3) is 0 Å². The molecule has 1 aliphatic carbocycles. The summed E-state index contributed by atoms with van der Waals surface area (Å²) in [7, 11) is 0. The van der Waals surface area contributed by atoms with Gasteiger partial charge in [-0.3, -0.25) is 0 Å². The summed E-state index contributed by atoms with van der Waals surface area (Å²) in [4.78, 5) is 0. The van der Waals surface area contributed by atoms with Crippen LogP contribution in [0, 0.1) is 0 Å². The molecule has 0 saturated carbocycles. The lowest BCUT2D eigenvalue weighted by molar-refractivity contribution is 0.0321. The van der Waals surface area contributed by atoms with Gasteiger partial charge in [-0.2, -0.15) is 0 Å². The second kappa shape index (κ2) is 5.45. The van der Waals surface area contributed by atoms with Crippen LogP contribution in [0.5, 0.6) is 5.75 Å². The predicted molar refractivity (Wildman–Crippen MR) is 75.2 cm³/mol. The van der Waals surface area contributed by atoms with Gasteiger partial charge < -0.3 is 9.84 Å². The molecular weight excluding hydrogens is 236 g/mol. The van der Waals surface area contributed by atoms with Gasteiger partial charge in [-0.1, -0.05) is 42.5 Å². The number of para-hydroxylation sites is 1. The highest BCUT2D eigenvalue weighted by molar-refractivity contribution is 5.31. The number of hydrogen-bond acceptors (Lipinski definition) is 2. The second-order valence-corrected chi connectivity index (χ2v) is 5.01. The molecule has 2 unspecified atom stereocenters. The van der Waals surface area contributed by atoms with Gasteiger partial charge in [0.25, 0.3) is 0 Å². The summed E-state index contributed by atoms with van der Waals surface area (Å²) in [5, 5.41) is 10.5. The third kappa shape index (κ3) is 2.64. The molecule has 0 saturated heterocycles. The first kappa shape index (κ1) is 12.2. The van der Waals surface area contributed by atoms with Crippen molar-refractivity contribution in [3.8, 4) is 5.75 Å². The quantitative estimate of drug-likeness (QED) is 0.831. The van der Waals surface area contributed by atoms with E-state index < -0.39 is 6.10 Å². The first-order valence-corrected chi connectivity index (χ1v) is 6.82. The molecule has 0 heterocycles. The summed E-state index contributed by atoms with van der Waals surface area (Å²) in [6.07, 6.45) is 2.24. The molecule has 0 amide bonds. The number of hydrogen-bond donors (Lipinski definition) is 1. The molecule has 0 spiro atoms. The zero-order valence-electron chi connectivity index (χ0n) is 10.8. The third-order valence-electron chi connectivity index (χ3n) is 3.69. The van der Waals surface area contributed by atoms with E-state index in [2.05, 4.69) is 6.07 Å². The first-order chi connectivity index (χ1) is 9.34. The van der Waals surface area contributed by atoms with E-state index in [1.165, 1.54) is 5.56 Å². The van der Waals surface area contributed by atoms with Gasteiger partial charge in [0.15, 0.2) is 0 Å². The molecule has 0 aromatic heterocycles. The molecule has 98 valence electrons. The first-order valence-electron chi connectivity index (χ1n) is 6.82. The molecule has 2 aromatic carbocycles. The van der Waals surface area contributed by atoms with Gasteiger partial charge in [-0.05, 0) is 42.5 Å². The summed E-state index contributed by atoms with van der Waals surface area (Å²) >= 11 is 0. The zero-order valence-corrected chi connectivity index (χ0v) is 10.8. The van der Waals surface area contributed by atoms with Crippen LogP contribution in [0.1, 0.15) is 30.1 Å². The average molecular weight is 254 g/mol. The zero-order chi connectivity index (χ0) is 13.1. The Bertz CT molecular complexity index is 536. The lowest BCUT2D eigenvalue weighted by Crippen LogP contribution is -2.24. The maximum Gasteiger partial charge on any atom is 0.129 e. The molecule has 0 fully saturated rings. The largest absolute Gasteiger partial charge is 0.487 e. The summed E-state index contributed by atoms with van der Waals surface area (Å²) in [6, 6.07) is 17.9. The van der Waals surface area contributed by atoms with Gasteiger partial charge in [-0.25, -0.2) is 0 Å². The standard InChI is InChI=1S/C17H18O2/c18-17-15-11-5-4-7-13(15)8-6-12-16(17)19-14-9-2-1-3-10-14/h1-5,7,9-11,16-18H,6,8,12H2. The molecule has 2 aromatic rings. The van der Waals surface area contributed by atoms with Crippen LogP contribution in [0.2, 0.25) is 0 Å².